The van der Waals surface area contributed by atoms with E-state index in [2.05, 4.69) is 0 Å². The zero-order chi connectivity index (χ0) is 19.6. The van der Waals surface area contributed by atoms with E-state index < -0.39 is 29.7 Å². The number of hydrogen-bond donors (Lipinski definition) is 0. The van der Waals surface area contributed by atoms with E-state index in [-0.39, 0.29) is 13.1 Å². The van der Waals surface area contributed by atoms with Gasteiger partial charge < -0.3 is 4.74 Å². The third-order valence-corrected chi connectivity index (χ3v) is 4.97. The predicted molar refractivity (Wildman–Crippen MR) is 102 cm³/mol. The molecule has 8 heteroatoms. The number of alkyl halides is 3. The molecule has 0 spiro atoms. The average molecular weight is 419 g/mol. The van der Waals surface area contributed by atoms with Gasteiger partial charge in [0, 0.05) is 23.7 Å². The molecule has 146 valence electrons. The normalized spacial score (nSPS) is 19.3. The van der Waals surface area contributed by atoms with Crippen molar-refractivity contribution in [3.63, 3.8) is 0 Å². The van der Waals surface area contributed by atoms with Crippen LogP contribution in [0, 0.1) is 0 Å². The van der Waals surface area contributed by atoms with E-state index in [1.54, 1.807) is 61.0 Å². The summed E-state index contributed by atoms with van der Waals surface area (Å²) in [6.45, 7) is 0.124. The summed E-state index contributed by atoms with van der Waals surface area (Å²) in [6, 6.07) is 14.1. The van der Waals surface area contributed by atoms with Gasteiger partial charge in [0.1, 0.15) is 35.5 Å². The Kier molecular flexibility index (Phi) is 6.25. The molecule has 0 fully saturated rings. The predicted octanol–water partition coefficient (Wildman–Crippen LogP) is 4.97. The minimum absolute atomic E-state index is 0.0394. The van der Waals surface area contributed by atoms with E-state index in [1.165, 1.54) is 4.90 Å². The molecule has 2 aromatic carbocycles. The largest absolute Gasteiger partial charge is 0.484 e. The first-order chi connectivity index (χ1) is 12.7. The Balaban J connectivity index is 1.99. The highest BCUT2D eigenvalue weighted by Gasteiger charge is 2.50. The standard InChI is InChI=1S/C19H20ClF3NO2S/c1-27(2)26-18(19(21,22)23)24-11-14-5-3-4-6-16(14)25-17(12-24)13-7-9-15(20)10-8-13/h3-10,17-18H,11-12H2,1-2H3/q+1. The van der Waals surface area contributed by atoms with Crippen LogP contribution in [0.2, 0.25) is 5.02 Å². The van der Waals surface area contributed by atoms with Gasteiger partial charge >= 0.3 is 6.18 Å². The van der Waals surface area contributed by atoms with Gasteiger partial charge in [-0.15, -0.1) is 4.18 Å². The Hall–Kier alpha value is -1.41. The van der Waals surface area contributed by atoms with E-state index in [1.807, 2.05) is 0 Å². The summed E-state index contributed by atoms with van der Waals surface area (Å²) in [6.07, 6.45) is -3.84. The number of rotatable bonds is 4. The van der Waals surface area contributed by atoms with Crippen LogP contribution in [0.3, 0.4) is 0 Å². The van der Waals surface area contributed by atoms with Gasteiger partial charge in [-0.2, -0.15) is 13.2 Å². The maximum atomic E-state index is 13.7. The number of hydrogen-bond acceptors (Lipinski definition) is 3. The summed E-state index contributed by atoms with van der Waals surface area (Å²) in [5, 5.41) is 0.558. The fourth-order valence-corrected chi connectivity index (χ4v) is 3.69. The van der Waals surface area contributed by atoms with Crippen LogP contribution in [-0.4, -0.2) is 36.4 Å². The Bertz CT molecular complexity index is 770. The summed E-state index contributed by atoms with van der Waals surface area (Å²) in [4.78, 5) is 1.29. The number of fused-ring (bicyclic) bond motifs is 1. The maximum Gasteiger partial charge on any atom is 0.433 e. The molecule has 27 heavy (non-hydrogen) atoms. The summed E-state index contributed by atoms with van der Waals surface area (Å²) < 4.78 is 52.6. The van der Waals surface area contributed by atoms with Gasteiger partial charge in [-0.05, 0) is 23.8 Å². The van der Waals surface area contributed by atoms with Gasteiger partial charge in [0.05, 0.1) is 0 Å². The first-order valence-corrected chi connectivity index (χ1v) is 10.6. The van der Waals surface area contributed by atoms with Gasteiger partial charge in [-0.1, -0.05) is 41.9 Å². The zero-order valence-corrected chi connectivity index (χ0v) is 16.4. The number of para-hydroxylation sites is 1. The van der Waals surface area contributed by atoms with Crippen molar-refractivity contribution in [3.8, 4) is 5.75 Å². The van der Waals surface area contributed by atoms with Crippen LogP contribution >= 0.6 is 11.6 Å². The van der Waals surface area contributed by atoms with Crippen molar-refractivity contribution >= 4 is 22.8 Å². The third-order valence-electron chi connectivity index (χ3n) is 4.15. The van der Waals surface area contributed by atoms with Crippen LogP contribution in [0.5, 0.6) is 5.75 Å². The molecule has 3 rings (SSSR count). The Morgan fingerprint density at radius 3 is 2.44 bits per heavy atom. The summed E-state index contributed by atoms with van der Waals surface area (Å²) in [5.41, 5.74) is 1.45. The molecule has 0 aliphatic carbocycles. The molecule has 0 N–H and O–H groups in total. The molecule has 3 nitrogen and oxygen atoms in total. The molecule has 2 unspecified atom stereocenters. The van der Waals surface area contributed by atoms with E-state index in [4.69, 9.17) is 20.5 Å². The molecule has 0 bridgehead atoms. The molecular weight excluding hydrogens is 399 g/mol. The molecule has 0 aromatic heterocycles. The fraction of sp³-hybridized carbons (Fsp3) is 0.368. The minimum atomic E-state index is -4.51. The summed E-state index contributed by atoms with van der Waals surface area (Å²) in [7, 11) is 0. The summed E-state index contributed by atoms with van der Waals surface area (Å²) >= 11 is 5.11. The number of ether oxygens (including phenoxy) is 1. The molecule has 0 radical (unpaired) electrons. The second-order valence-electron chi connectivity index (χ2n) is 6.43. The molecule has 1 aliphatic heterocycles. The summed E-state index contributed by atoms with van der Waals surface area (Å²) in [5.74, 6) is 0.577. The van der Waals surface area contributed by atoms with Gasteiger partial charge in [0.25, 0.3) is 6.23 Å². The first-order valence-electron chi connectivity index (χ1n) is 8.29. The van der Waals surface area contributed by atoms with Crippen molar-refractivity contribution in [1.29, 1.82) is 0 Å². The molecular formula is C19H20ClF3NO2S+. The lowest BCUT2D eigenvalue weighted by molar-refractivity contribution is -0.240. The third kappa shape index (κ3) is 5.10. The highest BCUT2D eigenvalue weighted by atomic mass is 35.5. The van der Waals surface area contributed by atoms with Crippen LogP contribution < -0.4 is 4.74 Å². The molecule has 2 aromatic rings. The average Bonchev–Trinajstić information content (AvgIpc) is 2.78. The van der Waals surface area contributed by atoms with Crippen LogP contribution in [-0.2, 0) is 21.9 Å². The second-order valence-corrected chi connectivity index (χ2v) is 8.54. The van der Waals surface area contributed by atoms with Crippen LogP contribution in [0.15, 0.2) is 48.5 Å². The lowest BCUT2D eigenvalue weighted by atomic mass is 10.1. The Morgan fingerprint density at radius 1 is 1.15 bits per heavy atom. The quantitative estimate of drug-likeness (QED) is 0.654. The molecule has 0 amide bonds. The van der Waals surface area contributed by atoms with Crippen molar-refractivity contribution < 1.29 is 22.1 Å². The van der Waals surface area contributed by atoms with Crippen LogP contribution in [0.4, 0.5) is 13.2 Å². The smallest absolute Gasteiger partial charge is 0.433 e. The van der Waals surface area contributed by atoms with E-state index in [0.717, 1.165) is 5.56 Å². The maximum absolute atomic E-state index is 13.7. The SMILES string of the molecule is C[S+](C)OC(N1Cc2ccccc2OC(c2ccc(Cl)cc2)C1)C(F)(F)F. The van der Waals surface area contributed by atoms with Crippen LogP contribution in [0.25, 0.3) is 0 Å². The first kappa shape index (κ1) is 20.3. The number of halogens is 4. The Labute approximate surface area is 164 Å². The lowest BCUT2D eigenvalue weighted by Crippen LogP contribution is -2.49. The van der Waals surface area contributed by atoms with Gasteiger partial charge in [-0.25, -0.2) is 0 Å². The molecule has 0 saturated carbocycles. The van der Waals surface area contributed by atoms with Crippen LogP contribution in [0.1, 0.15) is 17.2 Å². The van der Waals surface area contributed by atoms with E-state index >= 15 is 0 Å². The number of nitrogens with zero attached hydrogens (tertiary/aromatic N) is 1. The lowest BCUT2D eigenvalue weighted by Gasteiger charge is -2.30. The van der Waals surface area contributed by atoms with Crippen molar-refractivity contribution in [3.05, 3.63) is 64.7 Å². The molecule has 0 saturated heterocycles. The second kappa shape index (κ2) is 8.31. The number of benzene rings is 2. The van der Waals surface area contributed by atoms with Gasteiger partial charge in [0.15, 0.2) is 0 Å². The van der Waals surface area contributed by atoms with Crippen molar-refractivity contribution in [2.45, 2.75) is 25.1 Å². The fourth-order valence-electron chi connectivity index (χ4n) is 2.97. The van der Waals surface area contributed by atoms with Crippen molar-refractivity contribution in [1.82, 2.24) is 4.90 Å². The van der Waals surface area contributed by atoms with Crippen molar-refractivity contribution in [2.24, 2.45) is 0 Å². The monoisotopic (exact) mass is 418 g/mol. The van der Waals surface area contributed by atoms with Crippen molar-refractivity contribution in [2.75, 3.05) is 19.1 Å². The molecule has 2 atom stereocenters. The minimum Gasteiger partial charge on any atom is -0.484 e. The molecule has 1 aliphatic rings. The molecule has 1 heterocycles. The Morgan fingerprint density at radius 2 is 1.81 bits per heavy atom. The zero-order valence-electron chi connectivity index (χ0n) is 14.9. The van der Waals surface area contributed by atoms with E-state index in [0.29, 0.717) is 16.3 Å². The highest BCUT2D eigenvalue weighted by molar-refractivity contribution is 7.90. The highest BCUT2D eigenvalue weighted by Crippen LogP contribution is 2.36. The topological polar surface area (TPSA) is 21.7 Å². The van der Waals surface area contributed by atoms with E-state index in [9.17, 15) is 13.2 Å². The van der Waals surface area contributed by atoms with Gasteiger partial charge in [0.2, 0.25) is 0 Å². The van der Waals surface area contributed by atoms with Gasteiger partial charge in [-0.3, -0.25) is 4.90 Å².